The number of aromatic nitrogens is 3. The molecule has 0 bridgehead atoms. The van der Waals surface area contributed by atoms with E-state index >= 15 is 0 Å². The molecule has 2 N–H and O–H groups in total. The van der Waals surface area contributed by atoms with Crippen LogP contribution in [0.4, 0.5) is 14.5 Å². The van der Waals surface area contributed by atoms with Gasteiger partial charge < -0.3 is 5.32 Å². The summed E-state index contributed by atoms with van der Waals surface area (Å²) in [6.07, 6.45) is 1.30. The molecule has 0 unspecified atom stereocenters. The van der Waals surface area contributed by atoms with Crippen molar-refractivity contribution in [3.05, 3.63) is 63.7 Å². The van der Waals surface area contributed by atoms with Gasteiger partial charge in [-0.05, 0) is 19.1 Å². The van der Waals surface area contributed by atoms with E-state index < -0.39 is 17.5 Å². The Bertz CT molecular complexity index is 925. The van der Waals surface area contributed by atoms with E-state index in [1.165, 1.54) is 12.3 Å². The third-order valence-electron chi connectivity index (χ3n) is 2.99. The van der Waals surface area contributed by atoms with Crippen LogP contribution >= 0.6 is 0 Å². The largest absolute Gasteiger partial charge is 0.322 e. The average molecular weight is 304 g/mol. The topological polar surface area (TPSA) is 79.3 Å². The van der Waals surface area contributed by atoms with Crippen LogP contribution in [0, 0.1) is 18.6 Å². The fourth-order valence-corrected chi connectivity index (χ4v) is 2.09. The number of carbonyl (C=O) groups excluding carboxylic acids is 1. The second-order valence-corrected chi connectivity index (χ2v) is 4.69. The van der Waals surface area contributed by atoms with Crippen molar-refractivity contribution >= 4 is 17.2 Å². The Morgan fingerprint density at radius 2 is 1.91 bits per heavy atom. The number of benzene rings is 1. The van der Waals surface area contributed by atoms with Gasteiger partial charge in [0.15, 0.2) is 5.65 Å². The number of fused-ring (bicyclic) bond motifs is 1. The van der Waals surface area contributed by atoms with Crippen molar-refractivity contribution in [1.82, 2.24) is 14.6 Å². The van der Waals surface area contributed by atoms with Gasteiger partial charge in [-0.2, -0.15) is 0 Å². The zero-order valence-electron chi connectivity index (χ0n) is 11.4. The molecule has 0 radical (unpaired) electrons. The number of hydrogen-bond acceptors (Lipinski definition) is 3. The fraction of sp³-hybridized carbons (Fsp3) is 0.0714. The number of nitrogens with one attached hydrogen (secondary N) is 2. The van der Waals surface area contributed by atoms with Crippen molar-refractivity contribution in [3.8, 4) is 0 Å². The molecule has 3 rings (SSSR count). The minimum atomic E-state index is -0.806. The standard InChI is InChI=1S/C14H10F2N4O2/c1-7-2-12(21)20-13(18-7)11(6-17-20)14(22)19-10-4-8(15)3-9(16)5-10/h2-6,17H,1H3,(H,19,22). The van der Waals surface area contributed by atoms with Crippen molar-refractivity contribution in [1.29, 1.82) is 0 Å². The maximum atomic E-state index is 13.1. The molecule has 1 amide bonds. The number of aromatic amines is 1. The average Bonchev–Trinajstić information content (AvgIpc) is 2.81. The SMILES string of the molecule is Cc1cc(=O)n2[nH]cc(C(=O)Nc3cc(F)cc(F)c3)c2n1. The molecule has 3 aromatic rings. The van der Waals surface area contributed by atoms with Gasteiger partial charge in [-0.25, -0.2) is 18.3 Å². The molecular weight excluding hydrogens is 294 g/mol. The number of amides is 1. The van der Waals surface area contributed by atoms with Crippen LogP contribution in [0.1, 0.15) is 16.1 Å². The highest BCUT2D eigenvalue weighted by Gasteiger charge is 2.15. The third kappa shape index (κ3) is 2.46. The van der Waals surface area contributed by atoms with Crippen molar-refractivity contribution < 1.29 is 13.6 Å². The van der Waals surface area contributed by atoms with E-state index in [2.05, 4.69) is 15.4 Å². The Kier molecular flexibility index (Phi) is 3.21. The van der Waals surface area contributed by atoms with Crippen LogP contribution in [0.25, 0.3) is 5.65 Å². The zero-order valence-corrected chi connectivity index (χ0v) is 11.4. The van der Waals surface area contributed by atoms with Gasteiger partial charge in [-0.1, -0.05) is 0 Å². The molecule has 0 spiro atoms. The summed E-state index contributed by atoms with van der Waals surface area (Å²) in [5.74, 6) is -2.25. The number of nitrogens with zero attached hydrogens (tertiary/aromatic N) is 2. The molecule has 2 aromatic heterocycles. The predicted octanol–water partition coefficient (Wildman–Crippen LogP) is 1.86. The molecular formula is C14H10F2N4O2. The molecule has 0 aliphatic rings. The first-order valence-electron chi connectivity index (χ1n) is 6.29. The number of carbonyl (C=O) groups is 1. The van der Waals surface area contributed by atoms with E-state index in [9.17, 15) is 18.4 Å². The molecule has 0 saturated heterocycles. The summed E-state index contributed by atoms with van der Waals surface area (Å²) in [5.41, 5.74) is 0.287. The van der Waals surface area contributed by atoms with Crippen molar-refractivity contribution in [2.45, 2.75) is 6.92 Å². The summed E-state index contributed by atoms with van der Waals surface area (Å²) < 4.78 is 27.4. The van der Waals surface area contributed by atoms with E-state index in [4.69, 9.17) is 0 Å². The quantitative estimate of drug-likeness (QED) is 0.758. The molecule has 112 valence electrons. The summed E-state index contributed by atoms with van der Waals surface area (Å²) in [6.45, 7) is 1.62. The van der Waals surface area contributed by atoms with E-state index in [1.807, 2.05) is 0 Å². The Hall–Kier alpha value is -3.03. The van der Waals surface area contributed by atoms with Crippen LogP contribution in [-0.4, -0.2) is 20.5 Å². The number of anilines is 1. The van der Waals surface area contributed by atoms with Crippen LogP contribution in [0.2, 0.25) is 0 Å². The van der Waals surface area contributed by atoms with Gasteiger partial charge in [-0.3, -0.25) is 14.7 Å². The normalized spacial score (nSPS) is 10.9. The smallest absolute Gasteiger partial charge is 0.272 e. The van der Waals surface area contributed by atoms with Crippen LogP contribution < -0.4 is 10.9 Å². The molecule has 2 heterocycles. The zero-order chi connectivity index (χ0) is 15.9. The lowest BCUT2D eigenvalue weighted by Gasteiger charge is -2.04. The highest BCUT2D eigenvalue weighted by Crippen LogP contribution is 2.15. The Morgan fingerprint density at radius 3 is 2.59 bits per heavy atom. The lowest BCUT2D eigenvalue weighted by molar-refractivity contribution is 0.102. The molecule has 0 atom stereocenters. The highest BCUT2D eigenvalue weighted by atomic mass is 19.1. The van der Waals surface area contributed by atoms with Crippen LogP contribution in [0.15, 0.2) is 35.3 Å². The molecule has 1 aromatic carbocycles. The number of aryl methyl sites for hydroxylation is 1. The molecule has 0 aliphatic carbocycles. The maximum absolute atomic E-state index is 13.1. The molecule has 6 nitrogen and oxygen atoms in total. The maximum Gasteiger partial charge on any atom is 0.272 e. The highest BCUT2D eigenvalue weighted by molar-refractivity contribution is 6.08. The first-order chi connectivity index (χ1) is 10.4. The van der Waals surface area contributed by atoms with Crippen molar-refractivity contribution in [3.63, 3.8) is 0 Å². The summed E-state index contributed by atoms with van der Waals surface area (Å²) in [4.78, 5) is 28.1. The minimum Gasteiger partial charge on any atom is -0.322 e. The summed E-state index contributed by atoms with van der Waals surface area (Å²) in [5, 5.41) is 4.97. The monoisotopic (exact) mass is 304 g/mol. The van der Waals surface area contributed by atoms with Crippen LogP contribution in [0.5, 0.6) is 0 Å². The van der Waals surface area contributed by atoms with Crippen molar-refractivity contribution in [2.24, 2.45) is 0 Å². The number of halogens is 2. The van der Waals surface area contributed by atoms with Crippen LogP contribution in [-0.2, 0) is 0 Å². The number of rotatable bonds is 2. The molecule has 0 saturated carbocycles. The summed E-state index contributed by atoms with van der Waals surface area (Å²) in [7, 11) is 0. The van der Waals surface area contributed by atoms with Gasteiger partial charge in [0.25, 0.3) is 11.5 Å². The lowest BCUT2D eigenvalue weighted by Crippen LogP contribution is -2.17. The Morgan fingerprint density at radius 1 is 1.23 bits per heavy atom. The molecule has 22 heavy (non-hydrogen) atoms. The van der Waals surface area contributed by atoms with E-state index in [0.717, 1.165) is 16.6 Å². The fourth-order valence-electron chi connectivity index (χ4n) is 2.09. The first-order valence-corrected chi connectivity index (χ1v) is 6.29. The van der Waals surface area contributed by atoms with Gasteiger partial charge >= 0.3 is 0 Å². The summed E-state index contributed by atoms with van der Waals surface area (Å²) in [6, 6.07) is 3.99. The summed E-state index contributed by atoms with van der Waals surface area (Å²) >= 11 is 0. The van der Waals surface area contributed by atoms with Crippen LogP contribution in [0.3, 0.4) is 0 Å². The minimum absolute atomic E-state index is 0.0307. The Labute approximate surface area is 122 Å². The Balaban J connectivity index is 2.00. The predicted molar refractivity (Wildman–Crippen MR) is 74.9 cm³/mol. The second kappa shape index (κ2) is 5.06. The van der Waals surface area contributed by atoms with Crippen molar-refractivity contribution in [2.75, 3.05) is 5.32 Å². The van der Waals surface area contributed by atoms with Gasteiger partial charge in [-0.15, -0.1) is 0 Å². The second-order valence-electron chi connectivity index (χ2n) is 4.69. The molecule has 0 fully saturated rings. The van der Waals surface area contributed by atoms with Gasteiger partial charge in [0.05, 0.1) is 0 Å². The van der Waals surface area contributed by atoms with E-state index in [1.54, 1.807) is 6.92 Å². The van der Waals surface area contributed by atoms with E-state index in [0.29, 0.717) is 11.8 Å². The van der Waals surface area contributed by atoms with Gasteiger partial charge in [0, 0.05) is 29.7 Å². The van der Waals surface area contributed by atoms with E-state index in [-0.39, 0.29) is 22.5 Å². The lowest BCUT2D eigenvalue weighted by atomic mass is 10.2. The molecule has 8 heteroatoms. The molecule has 0 aliphatic heterocycles. The third-order valence-corrected chi connectivity index (χ3v) is 2.99. The first kappa shape index (κ1) is 13.9. The van der Waals surface area contributed by atoms with Gasteiger partial charge in [0.1, 0.15) is 17.2 Å². The van der Waals surface area contributed by atoms with Gasteiger partial charge in [0.2, 0.25) is 0 Å². The number of hydrogen-bond donors (Lipinski definition) is 2. The number of H-pyrrole nitrogens is 1.